The second kappa shape index (κ2) is 4.81. The smallest absolute Gasteiger partial charge is 0.311 e. The zero-order valence-corrected chi connectivity index (χ0v) is 11.1. The molecule has 0 aliphatic carbocycles. The fourth-order valence-corrected chi connectivity index (χ4v) is 2.36. The van der Waals surface area contributed by atoms with Crippen molar-refractivity contribution in [3.8, 4) is 0 Å². The highest BCUT2D eigenvalue weighted by molar-refractivity contribution is 6.34. The maximum absolute atomic E-state index is 13.3. The van der Waals surface area contributed by atoms with E-state index in [4.69, 9.17) is 16.7 Å². The van der Waals surface area contributed by atoms with Crippen LogP contribution in [-0.2, 0) is 4.79 Å². The van der Waals surface area contributed by atoms with Gasteiger partial charge < -0.3 is 10.0 Å². The van der Waals surface area contributed by atoms with E-state index in [1.54, 1.807) is 6.92 Å². The van der Waals surface area contributed by atoms with Crippen molar-refractivity contribution >= 4 is 23.5 Å². The molecule has 19 heavy (non-hydrogen) atoms. The monoisotopic (exact) mass is 285 g/mol. The Morgan fingerprint density at radius 1 is 1.47 bits per heavy atom. The first-order valence-corrected chi connectivity index (χ1v) is 6.19. The summed E-state index contributed by atoms with van der Waals surface area (Å²) in [5.74, 6) is -2.03. The zero-order valence-electron chi connectivity index (χ0n) is 10.3. The Hall–Kier alpha value is -1.62. The molecule has 1 amide bonds. The number of benzene rings is 1. The van der Waals surface area contributed by atoms with Gasteiger partial charge in [-0.05, 0) is 25.5 Å². The summed E-state index contributed by atoms with van der Waals surface area (Å²) in [5, 5.41) is 8.89. The van der Waals surface area contributed by atoms with Crippen molar-refractivity contribution in [1.82, 2.24) is 4.90 Å². The minimum atomic E-state index is -0.949. The lowest BCUT2D eigenvalue weighted by molar-refractivity contribution is -0.147. The molecule has 6 heteroatoms. The van der Waals surface area contributed by atoms with E-state index >= 15 is 0 Å². The van der Waals surface area contributed by atoms with Crippen LogP contribution >= 0.6 is 11.6 Å². The number of hydrogen-bond donors (Lipinski definition) is 1. The fraction of sp³-hybridized carbons (Fsp3) is 0.385. The number of carboxylic acids is 1. The molecule has 1 aromatic rings. The maximum atomic E-state index is 13.3. The summed E-state index contributed by atoms with van der Waals surface area (Å²) in [6.45, 7) is 2.03. The Bertz CT molecular complexity index is 549. The second-order valence-electron chi connectivity index (χ2n) is 4.94. The van der Waals surface area contributed by atoms with Crippen LogP contribution in [0, 0.1) is 11.2 Å². The van der Waals surface area contributed by atoms with E-state index in [1.807, 2.05) is 0 Å². The number of rotatable bonds is 2. The maximum Gasteiger partial charge on any atom is 0.311 e. The Morgan fingerprint density at radius 2 is 2.16 bits per heavy atom. The first-order valence-electron chi connectivity index (χ1n) is 5.82. The summed E-state index contributed by atoms with van der Waals surface area (Å²) in [5.41, 5.74) is -0.883. The van der Waals surface area contributed by atoms with Gasteiger partial charge in [0.25, 0.3) is 5.91 Å². The molecule has 0 unspecified atom stereocenters. The normalized spacial score (nSPS) is 22.6. The van der Waals surface area contributed by atoms with E-state index in [0.29, 0.717) is 13.0 Å². The van der Waals surface area contributed by atoms with Crippen molar-refractivity contribution in [2.45, 2.75) is 13.3 Å². The average molecular weight is 286 g/mol. The van der Waals surface area contributed by atoms with Crippen LogP contribution in [0.2, 0.25) is 5.02 Å². The van der Waals surface area contributed by atoms with Crippen LogP contribution in [0.3, 0.4) is 0 Å². The minimum Gasteiger partial charge on any atom is -0.481 e. The topological polar surface area (TPSA) is 57.6 Å². The quantitative estimate of drug-likeness (QED) is 0.908. The van der Waals surface area contributed by atoms with Gasteiger partial charge in [-0.15, -0.1) is 0 Å². The summed E-state index contributed by atoms with van der Waals surface area (Å²) >= 11 is 5.76. The molecule has 1 fully saturated rings. The van der Waals surface area contributed by atoms with Gasteiger partial charge in [0.05, 0.1) is 16.0 Å². The van der Waals surface area contributed by atoms with E-state index in [9.17, 15) is 14.0 Å². The number of nitrogens with zero attached hydrogens (tertiary/aromatic N) is 1. The highest BCUT2D eigenvalue weighted by Crippen LogP contribution is 2.32. The Kier molecular flexibility index (Phi) is 3.49. The van der Waals surface area contributed by atoms with Crippen molar-refractivity contribution < 1.29 is 19.1 Å². The summed E-state index contributed by atoms with van der Waals surface area (Å²) < 4.78 is 13.3. The van der Waals surface area contributed by atoms with Gasteiger partial charge in [0.2, 0.25) is 0 Å². The molecule has 1 aliphatic heterocycles. The third-order valence-corrected chi connectivity index (χ3v) is 3.84. The van der Waals surface area contributed by atoms with Gasteiger partial charge in [0, 0.05) is 13.1 Å². The lowest BCUT2D eigenvalue weighted by atomic mass is 9.90. The molecule has 0 aromatic heterocycles. The van der Waals surface area contributed by atoms with Crippen molar-refractivity contribution in [2.24, 2.45) is 5.41 Å². The molecule has 1 N–H and O–H groups in total. The molecular weight excluding hydrogens is 273 g/mol. The molecule has 1 atom stereocenters. The van der Waals surface area contributed by atoms with Crippen molar-refractivity contribution in [3.05, 3.63) is 34.6 Å². The van der Waals surface area contributed by atoms with E-state index in [0.717, 1.165) is 0 Å². The fourth-order valence-electron chi connectivity index (χ4n) is 2.15. The van der Waals surface area contributed by atoms with Gasteiger partial charge in [0.1, 0.15) is 5.82 Å². The number of carbonyl (C=O) groups excluding carboxylic acids is 1. The molecule has 1 aliphatic rings. The molecule has 0 radical (unpaired) electrons. The van der Waals surface area contributed by atoms with Crippen LogP contribution in [0.4, 0.5) is 4.39 Å². The molecule has 102 valence electrons. The largest absolute Gasteiger partial charge is 0.481 e. The standard InChI is InChI=1S/C13H13ClFNO3/c1-13(12(18)19)5-6-16(7-13)11(17)8-3-2-4-9(15)10(8)14/h2-4H,5-7H2,1H3,(H,18,19)/t13-/m0/s1. The number of hydrogen-bond acceptors (Lipinski definition) is 2. The van der Waals surface area contributed by atoms with Crippen molar-refractivity contribution in [2.75, 3.05) is 13.1 Å². The Balaban J connectivity index is 2.23. The molecule has 1 aromatic carbocycles. The van der Waals surface area contributed by atoms with E-state index in [1.165, 1.54) is 23.1 Å². The first-order chi connectivity index (χ1) is 8.85. The molecule has 0 saturated carbocycles. The van der Waals surface area contributed by atoms with Gasteiger partial charge >= 0.3 is 5.97 Å². The zero-order chi connectivity index (χ0) is 14.2. The Labute approximate surface area is 114 Å². The van der Waals surface area contributed by atoms with E-state index < -0.39 is 23.1 Å². The van der Waals surface area contributed by atoms with Crippen LogP contribution in [0.25, 0.3) is 0 Å². The first kappa shape index (κ1) is 13.8. The summed E-state index contributed by atoms with van der Waals surface area (Å²) in [7, 11) is 0. The number of carbonyl (C=O) groups is 2. The van der Waals surface area contributed by atoms with Gasteiger partial charge in [-0.3, -0.25) is 9.59 Å². The molecule has 1 heterocycles. The lowest BCUT2D eigenvalue weighted by Gasteiger charge is -2.20. The molecule has 0 spiro atoms. The van der Waals surface area contributed by atoms with E-state index in [-0.39, 0.29) is 17.1 Å². The SMILES string of the molecule is C[C@]1(C(=O)O)CCN(C(=O)c2cccc(F)c2Cl)C1. The van der Waals surface area contributed by atoms with Gasteiger partial charge in [-0.25, -0.2) is 4.39 Å². The number of amides is 1. The van der Waals surface area contributed by atoms with Crippen LogP contribution < -0.4 is 0 Å². The third kappa shape index (κ3) is 2.42. The van der Waals surface area contributed by atoms with Crippen LogP contribution in [-0.4, -0.2) is 35.0 Å². The van der Waals surface area contributed by atoms with Crippen molar-refractivity contribution in [1.29, 1.82) is 0 Å². The second-order valence-corrected chi connectivity index (χ2v) is 5.32. The highest BCUT2D eigenvalue weighted by atomic mass is 35.5. The summed E-state index contributed by atoms with van der Waals surface area (Å²) in [4.78, 5) is 24.7. The highest BCUT2D eigenvalue weighted by Gasteiger charge is 2.42. The Morgan fingerprint density at radius 3 is 2.74 bits per heavy atom. The number of halogens is 2. The molecule has 1 saturated heterocycles. The molecule has 2 rings (SSSR count). The average Bonchev–Trinajstić information content (AvgIpc) is 2.76. The van der Waals surface area contributed by atoms with Gasteiger partial charge in [-0.2, -0.15) is 0 Å². The van der Waals surface area contributed by atoms with E-state index in [2.05, 4.69) is 0 Å². The summed E-state index contributed by atoms with van der Waals surface area (Å²) in [6.07, 6.45) is 0.376. The predicted octanol–water partition coefficient (Wildman–Crippen LogP) is 2.42. The summed E-state index contributed by atoms with van der Waals surface area (Å²) in [6, 6.07) is 4.01. The molecule has 0 bridgehead atoms. The van der Waals surface area contributed by atoms with Gasteiger partial charge in [-0.1, -0.05) is 17.7 Å². The molecule has 4 nitrogen and oxygen atoms in total. The van der Waals surface area contributed by atoms with Crippen LogP contribution in [0.5, 0.6) is 0 Å². The van der Waals surface area contributed by atoms with Crippen molar-refractivity contribution in [3.63, 3.8) is 0 Å². The van der Waals surface area contributed by atoms with Crippen LogP contribution in [0.1, 0.15) is 23.7 Å². The van der Waals surface area contributed by atoms with Gasteiger partial charge in [0.15, 0.2) is 0 Å². The van der Waals surface area contributed by atoms with Crippen LogP contribution in [0.15, 0.2) is 18.2 Å². The predicted molar refractivity (Wildman–Crippen MR) is 67.7 cm³/mol. The molecular formula is C13H13ClFNO3. The number of carboxylic acid groups (broad SMARTS) is 1. The number of likely N-dealkylation sites (tertiary alicyclic amines) is 1. The lowest BCUT2D eigenvalue weighted by Crippen LogP contribution is -2.35. The number of aliphatic carboxylic acids is 1. The third-order valence-electron chi connectivity index (χ3n) is 3.46. The minimum absolute atomic E-state index is 0.0660.